The molecule has 0 unspecified atom stereocenters. The molecule has 0 saturated heterocycles. The first kappa shape index (κ1) is 20.0. The maximum absolute atomic E-state index is 12.8. The van der Waals surface area contributed by atoms with E-state index in [0.29, 0.717) is 23.6 Å². The van der Waals surface area contributed by atoms with E-state index >= 15 is 0 Å². The van der Waals surface area contributed by atoms with Crippen molar-refractivity contribution in [3.05, 3.63) is 40.6 Å². The van der Waals surface area contributed by atoms with Gasteiger partial charge in [0.1, 0.15) is 0 Å². The summed E-state index contributed by atoms with van der Waals surface area (Å²) in [7, 11) is -3.27. The van der Waals surface area contributed by atoms with Crippen molar-refractivity contribution in [1.82, 2.24) is 4.98 Å². The van der Waals surface area contributed by atoms with Crippen molar-refractivity contribution >= 4 is 53.8 Å². The van der Waals surface area contributed by atoms with Crippen molar-refractivity contribution < 1.29 is 13.2 Å². The van der Waals surface area contributed by atoms with E-state index in [0.717, 1.165) is 24.0 Å². The molecule has 8 heteroatoms. The van der Waals surface area contributed by atoms with E-state index in [4.69, 9.17) is 0 Å². The number of amides is 1. The maximum Gasteiger partial charge on any atom is 0.228 e. The number of unbranched alkanes of at least 4 members (excludes halogenated alkanes) is 1. The van der Waals surface area contributed by atoms with Gasteiger partial charge in [-0.2, -0.15) is 0 Å². The number of rotatable bonds is 8. The van der Waals surface area contributed by atoms with Gasteiger partial charge in [0.05, 0.1) is 15.1 Å². The number of benzene rings is 1. The van der Waals surface area contributed by atoms with E-state index in [2.05, 4.69) is 18.0 Å². The van der Waals surface area contributed by atoms with Gasteiger partial charge in [-0.05, 0) is 42.5 Å². The third-order valence-corrected chi connectivity index (χ3v) is 7.30. The molecule has 2 heterocycles. The largest absolute Gasteiger partial charge is 0.288 e. The number of hydrogen-bond acceptors (Lipinski definition) is 6. The van der Waals surface area contributed by atoms with E-state index in [9.17, 15) is 13.2 Å². The number of thiophene rings is 1. The minimum atomic E-state index is -3.27. The molecule has 0 aliphatic carbocycles. The van der Waals surface area contributed by atoms with Crippen LogP contribution in [0.25, 0.3) is 10.2 Å². The smallest absolute Gasteiger partial charge is 0.228 e. The van der Waals surface area contributed by atoms with Crippen molar-refractivity contribution in [3.63, 3.8) is 0 Å². The standard InChI is InChI=1S/C19H22N2O3S3/c1-3-4-7-18(22)21(11-10-14-6-5-12-25-14)19-20-16-9-8-15(27(2,23)24)13-17(16)26-19/h5-6,8-9,12-13H,3-4,7,10-11H2,1-2H3. The highest BCUT2D eigenvalue weighted by Crippen LogP contribution is 2.31. The molecule has 0 aliphatic heterocycles. The summed E-state index contributed by atoms with van der Waals surface area (Å²) in [6.45, 7) is 2.63. The zero-order chi connectivity index (χ0) is 19.4. The molecule has 2 aromatic heterocycles. The number of thiazole rings is 1. The maximum atomic E-state index is 12.8. The Kier molecular flexibility index (Phi) is 6.29. The van der Waals surface area contributed by atoms with Crippen molar-refractivity contribution in [1.29, 1.82) is 0 Å². The van der Waals surface area contributed by atoms with Crippen LogP contribution in [0, 0.1) is 0 Å². The van der Waals surface area contributed by atoms with Gasteiger partial charge in [0, 0.05) is 24.1 Å². The van der Waals surface area contributed by atoms with Crippen molar-refractivity contribution in [2.75, 3.05) is 17.7 Å². The zero-order valence-electron chi connectivity index (χ0n) is 15.3. The molecule has 3 rings (SSSR count). The van der Waals surface area contributed by atoms with E-state index in [-0.39, 0.29) is 10.8 Å². The molecule has 0 bridgehead atoms. The molecule has 0 atom stereocenters. The predicted octanol–water partition coefficient (Wildman–Crippen LogP) is 4.53. The Labute approximate surface area is 167 Å². The lowest BCUT2D eigenvalue weighted by Crippen LogP contribution is -2.32. The summed E-state index contributed by atoms with van der Waals surface area (Å²) in [5, 5.41) is 2.66. The van der Waals surface area contributed by atoms with Crippen LogP contribution >= 0.6 is 22.7 Å². The van der Waals surface area contributed by atoms with Crippen LogP contribution in [0.3, 0.4) is 0 Å². The first-order valence-corrected chi connectivity index (χ1v) is 12.4. The molecule has 0 N–H and O–H groups in total. The normalized spacial score (nSPS) is 11.8. The van der Waals surface area contributed by atoms with Crippen LogP contribution in [0.5, 0.6) is 0 Å². The van der Waals surface area contributed by atoms with Crippen molar-refractivity contribution in [3.8, 4) is 0 Å². The highest BCUT2D eigenvalue weighted by molar-refractivity contribution is 7.90. The highest BCUT2D eigenvalue weighted by atomic mass is 32.2. The second-order valence-electron chi connectivity index (χ2n) is 6.38. The van der Waals surface area contributed by atoms with Crippen LogP contribution in [0.1, 0.15) is 31.1 Å². The van der Waals surface area contributed by atoms with Gasteiger partial charge in [-0.15, -0.1) is 11.3 Å². The Morgan fingerprint density at radius 1 is 1.26 bits per heavy atom. The Hall–Kier alpha value is -1.77. The van der Waals surface area contributed by atoms with E-state index in [1.54, 1.807) is 34.4 Å². The molecule has 27 heavy (non-hydrogen) atoms. The van der Waals surface area contributed by atoms with Crippen LogP contribution < -0.4 is 4.90 Å². The van der Waals surface area contributed by atoms with Gasteiger partial charge in [0.25, 0.3) is 0 Å². The molecule has 1 amide bonds. The molecule has 5 nitrogen and oxygen atoms in total. The lowest BCUT2D eigenvalue weighted by atomic mass is 10.2. The fourth-order valence-corrected chi connectivity index (χ4v) is 5.17. The fraction of sp³-hybridized carbons (Fsp3) is 0.368. The first-order chi connectivity index (χ1) is 12.9. The lowest BCUT2D eigenvalue weighted by molar-refractivity contribution is -0.118. The SMILES string of the molecule is CCCCC(=O)N(CCc1cccs1)c1nc2ccc(S(C)(=O)=O)cc2s1. The van der Waals surface area contributed by atoms with Crippen LogP contribution in [0.15, 0.2) is 40.6 Å². The quantitative estimate of drug-likeness (QED) is 0.535. The van der Waals surface area contributed by atoms with Gasteiger partial charge in [0.15, 0.2) is 15.0 Å². The minimum Gasteiger partial charge on any atom is -0.288 e. The van der Waals surface area contributed by atoms with Gasteiger partial charge in [-0.3, -0.25) is 9.69 Å². The van der Waals surface area contributed by atoms with Gasteiger partial charge in [-0.1, -0.05) is 30.7 Å². The second-order valence-corrected chi connectivity index (χ2v) is 10.4. The number of aromatic nitrogens is 1. The van der Waals surface area contributed by atoms with E-state index < -0.39 is 9.84 Å². The number of anilines is 1. The summed E-state index contributed by atoms with van der Waals surface area (Å²) in [6, 6.07) is 8.99. The molecule has 1 aromatic carbocycles. The number of fused-ring (bicyclic) bond motifs is 1. The Balaban J connectivity index is 1.91. The molecule has 3 aromatic rings. The predicted molar refractivity (Wildman–Crippen MR) is 113 cm³/mol. The summed E-state index contributed by atoms with van der Waals surface area (Å²) in [4.78, 5) is 20.6. The molecule has 0 spiro atoms. The monoisotopic (exact) mass is 422 g/mol. The topological polar surface area (TPSA) is 67.3 Å². The Morgan fingerprint density at radius 3 is 2.74 bits per heavy atom. The molecule has 0 fully saturated rings. The first-order valence-electron chi connectivity index (χ1n) is 8.82. The molecule has 0 saturated carbocycles. The summed E-state index contributed by atoms with van der Waals surface area (Å²) in [6.07, 6.45) is 4.27. The summed E-state index contributed by atoms with van der Waals surface area (Å²) < 4.78 is 24.4. The summed E-state index contributed by atoms with van der Waals surface area (Å²) in [5.41, 5.74) is 0.715. The van der Waals surface area contributed by atoms with Gasteiger partial charge in [-0.25, -0.2) is 13.4 Å². The molecular formula is C19H22N2O3S3. The van der Waals surface area contributed by atoms with E-state index in [1.807, 2.05) is 11.4 Å². The number of carbonyl (C=O) groups excluding carboxylic acids is 1. The lowest BCUT2D eigenvalue weighted by Gasteiger charge is -2.19. The van der Waals surface area contributed by atoms with Crippen LogP contribution in [-0.4, -0.2) is 32.1 Å². The van der Waals surface area contributed by atoms with Gasteiger partial charge >= 0.3 is 0 Å². The molecule has 0 aliphatic rings. The number of carbonyl (C=O) groups is 1. The zero-order valence-corrected chi connectivity index (χ0v) is 17.8. The summed E-state index contributed by atoms with van der Waals surface area (Å²) in [5.74, 6) is 0.0656. The average molecular weight is 423 g/mol. The molecular weight excluding hydrogens is 400 g/mol. The number of hydrogen-bond donors (Lipinski definition) is 0. The number of nitrogens with zero attached hydrogens (tertiary/aromatic N) is 2. The highest BCUT2D eigenvalue weighted by Gasteiger charge is 2.20. The Morgan fingerprint density at radius 2 is 2.07 bits per heavy atom. The van der Waals surface area contributed by atoms with Gasteiger partial charge in [0.2, 0.25) is 5.91 Å². The summed E-state index contributed by atoms with van der Waals surface area (Å²) >= 11 is 3.05. The van der Waals surface area contributed by atoms with Crippen molar-refractivity contribution in [2.45, 2.75) is 37.5 Å². The fourth-order valence-electron chi connectivity index (χ4n) is 2.71. The minimum absolute atomic E-state index is 0.0656. The number of sulfone groups is 1. The van der Waals surface area contributed by atoms with Crippen molar-refractivity contribution in [2.24, 2.45) is 0 Å². The average Bonchev–Trinajstić information content (AvgIpc) is 3.27. The molecule has 144 valence electrons. The third kappa shape index (κ3) is 4.94. The van der Waals surface area contributed by atoms with Gasteiger partial charge < -0.3 is 0 Å². The van der Waals surface area contributed by atoms with Crippen LogP contribution in [0.2, 0.25) is 0 Å². The Bertz CT molecular complexity index is 1020. The van der Waals surface area contributed by atoms with Crippen LogP contribution in [0.4, 0.5) is 5.13 Å². The van der Waals surface area contributed by atoms with E-state index in [1.165, 1.54) is 22.5 Å². The third-order valence-electron chi connectivity index (χ3n) is 4.21. The second kappa shape index (κ2) is 8.50. The van der Waals surface area contributed by atoms with Crippen LogP contribution in [-0.2, 0) is 21.1 Å². The molecule has 0 radical (unpaired) electrons.